The van der Waals surface area contributed by atoms with Crippen molar-refractivity contribution in [2.45, 2.75) is 19.3 Å². The highest BCUT2D eigenvalue weighted by Crippen LogP contribution is 2.50. The zero-order valence-corrected chi connectivity index (χ0v) is 13.4. The Hall–Kier alpha value is -2.00. The largest absolute Gasteiger partial charge is 0.495 e. The van der Waals surface area contributed by atoms with E-state index in [1.165, 1.54) is 0 Å². The minimum Gasteiger partial charge on any atom is -0.495 e. The Labute approximate surface area is 135 Å². The number of benzene rings is 2. The van der Waals surface area contributed by atoms with Gasteiger partial charge in [0.05, 0.1) is 12.8 Å². The lowest BCUT2D eigenvalue weighted by molar-refractivity contribution is -0.117. The van der Waals surface area contributed by atoms with E-state index in [-0.39, 0.29) is 17.7 Å². The Kier molecular flexibility index (Phi) is 4.08. The molecule has 0 aromatic heterocycles. The first-order valence-electron chi connectivity index (χ1n) is 7.30. The van der Waals surface area contributed by atoms with E-state index in [4.69, 9.17) is 16.3 Å². The molecule has 2 aromatic rings. The van der Waals surface area contributed by atoms with Crippen molar-refractivity contribution in [3.63, 3.8) is 0 Å². The van der Waals surface area contributed by atoms with Crippen LogP contribution in [0.15, 0.2) is 42.5 Å². The summed E-state index contributed by atoms with van der Waals surface area (Å²) < 4.78 is 5.30. The molecule has 0 radical (unpaired) electrons. The predicted octanol–water partition coefficient (Wildman–Crippen LogP) is 4.40. The Morgan fingerprint density at radius 1 is 1.27 bits per heavy atom. The zero-order valence-electron chi connectivity index (χ0n) is 12.6. The summed E-state index contributed by atoms with van der Waals surface area (Å²) in [4.78, 5) is 12.4. The van der Waals surface area contributed by atoms with Crippen molar-refractivity contribution >= 4 is 23.2 Å². The van der Waals surface area contributed by atoms with Gasteiger partial charge in [-0.25, -0.2) is 0 Å². The number of amides is 1. The maximum absolute atomic E-state index is 12.4. The third-order valence-corrected chi connectivity index (χ3v) is 4.39. The summed E-state index contributed by atoms with van der Waals surface area (Å²) in [6.45, 7) is 1.98. The first-order valence-corrected chi connectivity index (χ1v) is 7.68. The van der Waals surface area contributed by atoms with Crippen molar-refractivity contribution in [2.75, 3.05) is 12.4 Å². The van der Waals surface area contributed by atoms with Crippen molar-refractivity contribution in [3.8, 4) is 5.75 Å². The molecule has 0 aliphatic heterocycles. The molecule has 1 N–H and O–H groups in total. The average Bonchev–Trinajstić information content (AvgIpc) is 3.28. The number of carbonyl (C=O) groups excluding carboxylic acids is 1. The molecule has 2 unspecified atom stereocenters. The maximum Gasteiger partial charge on any atom is 0.228 e. The standard InChI is InChI=1S/C18H18ClNO2/c1-11-7-8-17(22-2)16(9-11)20-18(21)14-10-13(14)12-5-3-4-6-15(12)19/h3-9,13-14H,10H2,1-2H3,(H,20,21). The van der Waals surface area contributed by atoms with Crippen molar-refractivity contribution in [1.29, 1.82) is 0 Å². The number of hydrogen-bond acceptors (Lipinski definition) is 2. The third-order valence-electron chi connectivity index (χ3n) is 4.04. The quantitative estimate of drug-likeness (QED) is 0.908. The second-order valence-electron chi connectivity index (χ2n) is 5.66. The van der Waals surface area contributed by atoms with Crippen molar-refractivity contribution in [1.82, 2.24) is 0 Å². The predicted molar refractivity (Wildman–Crippen MR) is 88.7 cm³/mol. The number of nitrogens with one attached hydrogen (secondary N) is 1. The van der Waals surface area contributed by atoms with Crippen LogP contribution >= 0.6 is 11.6 Å². The first kappa shape index (κ1) is 14.9. The Bertz CT molecular complexity index is 714. The van der Waals surface area contributed by atoms with Crippen LogP contribution in [0.5, 0.6) is 5.75 Å². The molecule has 0 saturated heterocycles. The molecule has 4 heteroatoms. The average molecular weight is 316 g/mol. The minimum atomic E-state index is -0.0230. The summed E-state index contributed by atoms with van der Waals surface area (Å²) in [5, 5.41) is 3.71. The number of methoxy groups -OCH3 is 1. The van der Waals surface area contributed by atoms with Gasteiger partial charge in [0.25, 0.3) is 0 Å². The van der Waals surface area contributed by atoms with E-state index in [0.29, 0.717) is 5.75 Å². The van der Waals surface area contributed by atoms with Gasteiger partial charge in [-0.1, -0.05) is 35.9 Å². The van der Waals surface area contributed by atoms with Crippen molar-refractivity contribution < 1.29 is 9.53 Å². The van der Waals surface area contributed by atoms with Crippen LogP contribution in [0.4, 0.5) is 5.69 Å². The van der Waals surface area contributed by atoms with Crippen LogP contribution in [0.3, 0.4) is 0 Å². The summed E-state index contributed by atoms with van der Waals surface area (Å²) in [6, 6.07) is 13.5. The first-order chi connectivity index (χ1) is 10.6. The molecule has 1 amide bonds. The SMILES string of the molecule is COc1ccc(C)cc1NC(=O)C1CC1c1ccccc1Cl. The lowest BCUT2D eigenvalue weighted by Crippen LogP contribution is -2.15. The van der Waals surface area contributed by atoms with E-state index >= 15 is 0 Å². The van der Waals surface area contributed by atoms with E-state index in [1.807, 2.05) is 49.4 Å². The molecular formula is C18H18ClNO2. The smallest absolute Gasteiger partial charge is 0.228 e. The van der Waals surface area contributed by atoms with Gasteiger partial charge in [0.2, 0.25) is 5.91 Å². The molecule has 1 aliphatic carbocycles. The molecule has 2 atom stereocenters. The second kappa shape index (κ2) is 6.01. The van der Waals surface area contributed by atoms with Gasteiger partial charge in [-0.2, -0.15) is 0 Å². The van der Waals surface area contributed by atoms with Crippen LogP contribution in [-0.2, 0) is 4.79 Å². The van der Waals surface area contributed by atoms with Gasteiger partial charge in [-0.15, -0.1) is 0 Å². The maximum atomic E-state index is 12.4. The highest BCUT2D eigenvalue weighted by atomic mass is 35.5. The van der Waals surface area contributed by atoms with Gasteiger partial charge in [0, 0.05) is 10.9 Å². The Balaban J connectivity index is 1.72. The van der Waals surface area contributed by atoms with Gasteiger partial charge >= 0.3 is 0 Å². The van der Waals surface area contributed by atoms with Gasteiger partial charge in [0.1, 0.15) is 5.75 Å². The molecular weight excluding hydrogens is 298 g/mol. The summed E-state index contributed by atoms with van der Waals surface area (Å²) >= 11 is 6.21. The second-order valence-corrected chi connectivity index (χ2v) is 6.07. The van der Waals surface area contributed by atoms with Gasteiger partial charge in [-0.3, -0.25) is 4.79 Å². The topological polar surface area (TPSA) is 38.3 Å². The molecule has 0 bridgehead atoms. The molecule has 3 rings (SSSR count). The number of carbonyl (C=O) groups is 1. The van der Waals surface area contributed by atoms with Crippen LogP contribution in [0, 0.1) is 12.8 Å². The lowest BCUT2D eigenvalue weighted by atomic mass is 10.1. The lowest BCUT2D eigenvalue weighted by Gasteiger charge is -2.11. The van der Waals surface area contributed by atoms with E-state index in [2.05, 4.69) is 5.32 Å². The van der Waals surface area contributed by atoms with Crippen LogP contribution in [0.25, 0.3) is 0 Å². The van der Waals surface area contributed by atoms with Crippen molar-refractivity contribution in [2.24, 2.45) is 5.92 Å². The van der Waals surface area contributed by atoms with E-state index in [0.717, 1.165) is 28.3 Å². The number of hydrogen-bond donors (Lipinski definition) is 1. The van der Waals surface area contributed by atoms with E-state index in [9.17, 15) is 4.79 Å². The molecule has 0 heterocycles. The molecule has 1 saturated carbocycles. The van der Waals surface area contributed by atoms with Crippen molar-refractivity contribution in [3.05, 3.63) is 58.6 Å². The van der Waals surface area contributed by atoms with Gasteiger partial charge in [0.15, 0.2) is 0 Å². The fraction of sp³-hybridized carbons (Fsp3) is 0.278. The van der Waals surface area contributed by atoms with E-state index in [1.54, 1.807) is 7.11 Å². The number of rotatable bonds is 4. The molecule has 22 heavy (non-hydrogen) atoms. The molecule has 3 nitrogen and oxygen atoms in total. The van der Waals surface area contributed by atoms with Gasteiger partial charge < -0.3 is 10.1 Å². The zero-order chi connectivity index (χ0) is 15.7. The highest BCUT2D eigenvalue weighted by Gasteiger charge is 2.44. The molecule has 0 spiro atoms. The Morgan fingerprint density at radius 3 is 2.77 bits per heavy atom. The minimum absolute atomic E-state index is 0.0221. The van der Waals surface area contributed by atoms with Crippen LogP contribution in [0.2, 0.25) is 5.02 Å². The summed E-state index contributed by atoms with van der Waals surface area (Å²) in [6.07, 6.45) is 0.837. The van der Waals surface area contributed by atoms with E-state index < -0.39 is 0 Å². The number of ether oxygens (including phenoxy) is 1. The Morgan fingerprint density at radius 2 is 2.05 bits per heavy atom. The summed E-state index contributed by atoms with van der Waals surface area (Å²) in [5.74, 6) is 0.886. The van der Waals surface area contributed by atoms with Crippen LogP contribution in [-0.4, -0.2) is 13.0 Å². The normalized spacial score (nSPS) is 19.6. The van der Waals surface area contributed by atoms with Crippen LogP contribution in [0.1, 0.15) is 23.5 Å². The van der Waals surface area contributed by atoms with Gasteiger partial charge in [-0.05, 0) is 48.6 Å². The molecule has 1 aliphatic rings. The fourth-order valence-corrected chi connectivity index (χ4v) is 3.03. The number of anilines is 1. The highest BCUT2D eigenvalue weighted by molar-refractivity contribution is 6.31. The number of aryl methyl sites for hydroxylation is 1. The monoisotopic (exact) mass is 315 g/mol. The molecule has 2 aromatic carbocycles. The summed E-state index contributed by atoms with van der Waals surface area (Å²) in [5.41, 5.74) is 2.85. The summed E-state index contributed by atoms with van der Waals surface area (Å²) in [7, 11) is 1.60. The third kappa shape index (κ3) is 2.95. The fourth-order valence-electron chi connectivity index (χ4n) is 2.75. The number of halogens is 1. The van der Waals surface area contributed by atoms with Crippen LogP contribution < -0.4 is 10.1 Å². The molecule has 114 valence electrons. The molecule has 1 fully saturated rings.